The summed E-state index contributed by atoms with van der Waals surface area (Å²) in [5.41, 5.74) is 0. The first-order valence-electron chi connectivity index (χ1n) is 5.63. The molecule has 0 aliphatic heterocycles. The highest BCUT2D eigenvalue weighted by molar-refractivity contribution is 7.98. The smallest absolute Gasteiger partial charge is 0.191 e. The molecule has 1 heterocycles. The molecule has 0 saturated heterocycles. The number of anilines is 2. The normalized spacial score (nSPS) is 10.3. The lowest BCUT2D eigenvalue weighted by atomic mass is 10.3. The van der Waals surface area contributed by atoms with Crippen LogP contribution in [0.1, 0.15) is 12.8 Å². The van der Waals surface area contributed by atoms with Crippen molar-refractivity contribution in [3.8, 4) is 0 Å². The van der Waals surface area contributed by atoms with Gasteiger partial charge in [-0.25, -0.2) is 9.97 Å². The molecule has 0 aliphatic rings. The molecule has 0 atom stereocenters. The van der Waals surface area contributed by atoms with Crippen LogP contribution in [0.15, 0.2) is 11.2 Å². The van der Waals surface area contributed by atoms with Crippen molar-refractivity contribution in [1.29, 1.82) is 0 Å². The standard InChI is InChI=1S/C11H20N4OS/c1-12-9-8-10(15-11(14-9)17-3)13-6-4-5-7-16-2/h8H,4-7H2,1-3H3,(H2,12,13,14,15). The van der Waals surface area contributed by atoms with Crippen LogP contribution in [0.3, 0.4) is 0 Å². The number of nitrogens with zero attached hydrogens (tertiary/aromatic N) is 2. The van der Waals surface area contributed by atoms with Crippen LogP contribution < -0.4 is 10.6 Å². The van der Waals surface area contributed by atoms with Crippen LogP contribution in [0.25, 0.3) is 0 Å². The fourth-order valence-corrected chi connectivity index (χ4v) is 1.70. The molecule has 0 bridgehead atoms. The third-order valence-electron chi connectivity index (χ3n) is 2.23. The van der Waals surface area contributed by atoms with Crippen molar-refractivity contribution in [3.63, 3.8) is 0 Å². The number of hydrogen-bond acceptors (Lipinski definition) is 6. The summed E-state index contributed by atoms with van der Waals surface area (Å²) in [4.78, 5) is 8.70. The van der Waals surface area contributed by atoms with Crippen molar-refractivity contribution >= 4 is 23.4 Å². The second-order valence-electron chi connectivity index (χ2n) is 3.50. The van der Waals surface area contributed by atoms with Crippen LogP contribution in [0, 0.1) is 0 Å². The van der Waals surface area contributed by atoms with Gasteiger partial charge in [0.1, 0.15) is 11.6 Å². The van der Waals surface area contributed by atoms with Gasteiger partial charge in [0.15, 0.2) is 5.16 Å². The fourth-order valence-electron chi connectivity index (χ4n) is 1.32. The summed E-state index contributed by atoms with van der Waals surface area (Å²) >= 11 is 1.54. The summed E-state index contributed by atoms with van der Waals surface area (Å²) in [6.07, 6.45) is 4.10. The summed E-state index contributed by atoms with van der Waals surface area (Å²) in [5, 5.41) is 7.10. The summed E-state index contributed by atoms with van der Waals surface area (Å²) in [6.45, 7) is 1.71. The maximum atomic E-state index is 5.00. The fraction of sp³-hybridized carbons (Fsp3) is 0.636. The van der Waals surface area contributed by atoms with Crippen LogP contribution in [0.2, 0.25) is 0 Å². The Hall–Kier alpha value is -1.01. The Bertz CT molecular complexity index is 313. The van der Waals surface area contributed by atoms with Gasteiger partial charge < -0.3 is 15.4 Å². The number of rotatable bonds is 8. The predicted molar refractivity (Wildman–Crippen MR) is 73.0 cm³/mol. The van der Waals surface area contributed by atoms with E-state index in [1.54, 1.807) is 7.11 Å². The number of aromatic nitrogens is 2. The molecule has 0 saturated carbocycles. The molecular weight excluding hydrogens is 236 g/mol. The van der Waals surface area contributed by atoms with Crippen molar-refractivity contribution in [2.45, 2.75) is 18.0 Å². The lowest BCUT2D eigenvalue weighted by Gasteiger charge is -2.08. The topological polar surface area (TPSA) is 59.1 Å². The van der Waals surface area contributed by atoms with Gasteiger partial charge in [-0.1, -0.05) is 11.8 Å². The lowest BCUT2D eigenvalue weighted by molar-refractivity contribution is 0.194. The molecule has 0 aliphatic carbocycles. The first-order chi connectivity index (χ1) is 8.30. The zero-order valence-electron chi connectivity index (χ0n) is 10.6. The molecule has 0 spiro atoms. The monoisotopic (exact) mass is 256 g/mol. The molecule has 2 N–H and O–H groups in total. The molecule has 17 heavy (non-hydrogen) atoms. The van der Waals surface area contributed by atoms with Gasteiger partial charge in [0.25, 0.3) is 0 Å². The Kier molecular flexibility index (Phi) is 6.73. The predicted octanol–water partition coefficient (Wildman–Crippen LogP) is 2.08. The number of hydrogen-bond donors (Lipinski definition) is 2. The first-order valence-corrected chi connectivity index (χ1v) is 6.86. The van der Waals surface area contributed by atoms with Crippen LogP contribution in [0.5, 0.6) is 0 Å². The third-order valence-corrected chi connectivity index (χ3v) is 2.77. The van der Waals surface area contributed by atoms with Crippen molar-refractivity contribution < 1.29 is 4.74 Å². The van der Waals surface area contributed by atoms with Crippen molar-refractivity contribution in [2.24, 2.45) is 0 Å². The Balaban J connectivity index is 2.46. The number of unbranched alkanes of at least 4 members (excludes halogenated alkanes) is 1. The van der Waals surface area contributed by atoms with Crippen LogP contribution in [0.4, 0.5) is 11.6 Å². The zero-order chi connectivity index (χ0) is 12.5. The number of nitrogens with one attached hydrogen (secondary N) is 2. The third kappa shape index (κ3) is 5.23. The first kappa shape index (κ1) is 14.1. The maximum absolute atomic E-state index is 5.00. The van der Waals surface area contributed by atoms with Gasteiger partial charge in [-0.3, -0.25) is 0 Å². The molecular formula is C11H20N4OS. The molecule has 0 aromatic carbocycles. The highest BCUT2D eigenvalue weighted by Crippen LogP contribution is 2.16. The largest absolute Gasteiger partial charge is 0.385 e. The Morgan fingerprint density at radius 2 is 2.06 bits per heavy atom. The van der Waals surface area contributed by atoms with Crippen molar-refractivity contribution in [2.75, 3.05) is 44.2 Å². The molecule has 0 radical (unpaired) electrons. The summed E-state index contributed by atoms with van der Waals surface area (Å²) in [6, 6.07) is 1.91. The summed E-state index contributed by atoms with van der Waals surface area (Å²) in [5.74, 6) is 1.70. The van der Waals surface area contributed by atoms with Crippen molar-refractivity contribution in [1.82, 2.24) is 9.97 Å². The van der Waals surface area contributed by atoms with Gasteiger partial charge in [-0.15, -0.1) is 0 Å². The van der Waals surface area contributed by atoms with Gasteiger partial charge in [0, 0.05) is 33.4 Å². The van der Waals surface area contributed by atoms with E-state index in [1.165, 1.54) is 11.8 Å². The molecule has 1 aromatic heterocycles. The highest BCUT2D eigenvalue weighted by Gasteiger charge is 2.02. The second kappa shape index (κ2) is 8.14. The molecule has 6 heteroatoms. The summed E-state index contributed by atoms with van der Waals surface area (Å²) < 4.78 is 5.00. The van der Waals surface area contributed by atoms with Gasteiger partial charge in [-0.2, -0.15) is 0 Å². The molecule has 5 nitrogen and oxygen atoms in total. The Labute approximate surface area is 107 Å². The average molecular weight is 256 g/mol. The van der Waals surface area contributed by atoms with Gasteiger partial charge in [0.05, 0.1) is 0 Å². The van der Waals surface area contributed by atoms with Crippen LogP contribution in [-0.4, -0.2) is 43.5 Å². The molecule has 0 fully saturated rings. The van der Waals surface area contributed by atoms with Gasteiger partial charge >= 0.3 is 0 Å². The van der Waals surface area contributed by atoms with E-state index in [4.69, 9.17) is 4.74 Å². The minimum absolute atomic E-state index is 0.774. The molecule has 0 unspecified atom stereocenters. The van der Waals surface area contributed by atoms with Crippen LogP contribution >= 0.6 is 11.8 Å². The van der Waals surface area contributed by atoms with E-state index in [2.05, 4.69) is 20.6 Å². The van der Waals surface area contributed by atoms with E-state index < -0.39 is 0 Å². The Morgan fingerprint density at radius 3 is 2.71 bits per heavy atom. The number of ether oxygens (including phenoxy) is 1. The van der Waals surface area contributed by atoms with Gasteiger partial charge in [-0.05, 0) is 19.1 Å². The Morgan fingerprint density at radius 1 is 1.29 bits per heavy atom. The van der Waals surface area contributed by atoms with Gasteiger partial charge in [0.2, 0.25) is 0 Å². The summed E-state index contributed by atoms with van der Waals surface area (Å²) in [7, 11) is 3.58. The number of thioether (sulfide) groups is 1. The molecule has 1 rings (SSSR count). The van der Waals surface area contributed by atoms with Crippen LogP contribution in [-0.2, 0) is 4.74 Å². The number of methoxy groups -OCH3 is 1. The zero-order valence-corrected chi connectivity index (χ0v) is 11.4. The van der Waals surface area contributed by atoms with E-state index in [-0.39, 0.29) is 0 Å². The molecule has 0 amide bonds. The van der Waals surface area contributed by atoms with E-state index >= 15 is 0 Å². The molecule has 1 aromatic rings. The van der Waals surface area contributed by atoms with E-state index in [0.29, 0.717) is 0 Å². The maximum Gasteiger partial charge on any atom is 0.191 e. The average Bonchev–Trinajstić information content (AvgIpc) is 2.38. The quantitative estimate of drug-likeness (QED) is 0.422. The lowest BCUT2D eigenvalue weighted by Crippen LogP contribution is -2.06. The van der Waals surface area contributed by atoms with E-state index in [9.17, 15) is 0 Å². The molecule has 96 valence electrons. The minimum atomic E-state index is 0.774. The van der Waals surface area contributed by atoms with Crippen molar-refractivity contribution in [3.05, 3.63) is 6.07 Å². The van der Waals surface area contributed by atoms with E-state index in [1.807, 2.05) is 19.4 Å². The highest BCUT2D eigenvalue weighted by atomic mass is 32.2. The SMILES string of the molecule is CNc1cc(NCCCCOC)nc(SC)n1. The second-order valence-corrected chi connectivity index (χ2v) is 4.28. The minimum Gasteiger partial charge on any atom is -0.385 e. The van der Waals surface area contributed by atoms with E-state index in [0.717, 1.165) is 42.8 Å².